The molecule has 4 aromatic heterocycles. The van der Waals surface area contributed by atoms with E-state index in [0.717, 1.165) is 41.9 Å². The zero-order chi connectivity index (χ0) is 37.5. The maximum absolute atomic E-state index is 5.54. The van der Waals surface area contributed by atoms with Gasteiger partial charge in [0, 0.05) is 58.4 Å². The molecule has 0 bridgehead atoms. The Hall–Kier alpha value is -6.40. The first kappa shape index (κ1) is 32.8. The van der Waals surface area contributed by atoms with E-state index in [-0.39, 0.29) is 5.92 Å². The summed E-state index contributed by atoms with van der Waals surface area (Å²) in [5.74, 6) is 1.03. The van der Waals surface area contributed by atoms with Crippen LogP contribution in [-0.4, -0.2) is 14.5 Å². The molecule has 12 rings (SSSR count). The van der Waals surface area contributed by atoms with Crippen molar-refractivity contribution >= 4 is 80.9 Å². The van der Waals surface area contributed by atoms with Gasteiger partial charge in [-0.3, -0.25) is 0 Å². The molecule has 0 aliphatic heterocycles. The molecule has 0 saturated carbocycles. The second-order valence-corrected chi connectivity index (χ2v) is 17.3. The number of para-hydroxylation sites is 1. The van der Waals surface area contributed by atoms with Crippen LogP contribution in [0.15, 0.2) is 164 Å². The van der Waals surface area contributed by atoms with Crippen LogP contribution in [-0.2, 0) is 6.42 Å². The Morgan fingerprint density at radius 2 is 1.32 bits per heavy atom. The van der Waals surface area contributed by atoms with Crippen LogP contribution in [0.4, 0.5) is 0 Å². The molecule has 0 radical (unpaired) electrons. The fourth-order valence-corrected chi connectivity index (χ4v) is 11.5. The van der Waals surface area contributed by atoms with Gasteiger partial charge in [0.1, 0.15) is 5.82 Å². The first-order chi connectivity index (χ1) is 28.3. The van der Waals surface area contributed by atoms with Crippen molar-refractivity contribution < 1.29 is 0 Å². The minimum Gasteiger partial charge on any atom is -0.308 e. The summed E-state index contributed by atoms with van der Waals surface area (Å²) in [4.78, 5) is 12.2. The summed E-state index contributed by atoms with van der Waals surface area (Å²) >= 11 is 3.72. The van der Waals surface area contributed by atoms with Gasteiger partial charge in [-0.25, -0.2) is 9.97 Å². The first-order valence-corrected chi connectivity index (χ1v) is 21.4. The van der Waals surface area contributed by atoms with Crippen LogP contribution in [0.5, 0.6) is 0 Å². The third-order valence-corrected chi connectivity index (χ3v) is 14.1. The Bertz CT molecular complexity index is 3260. The third kappa shape index (κ3) is 5.23. The molecule has 57 heavy (non-hydrogen) atoms. The van der Waals surface area contributed by atoms with Gasteiger partial charge in [0.2, 0.25) is 0 Å². The Morgan fingerprint density at radius 3 is 2.09 bits per heavy atom. The molecule has 4 heterocycles. The van der Waals surface area contributed by atoms with E-state index < -0.39 is 0 Å². The quantitative estimate of drug-likeness (QED) is 0.175. The second-order valence-electron chi connectivity index (χ2n) is 15.1. The summed E-state index contributed by atoms with van der Waals surface area (Å²) in [6.07, 6.45) is 16.3. The molecule has 1 unspecified atom stereocenters. The summed E-state index contributed by atoms with van der Waals surface area (Å²) in [6, 6.07) is 49.3. The summed E-state index contributed by atoms with van der Waals surface area (Å²) in [6.45, 7) is 0. The predicted octanol–water partition coefficient (Wildman–Crippen LogP) is 14.7. The number of aryl methyl sites for hydroxylation is 1. The highest BCUT2D eigenvalue weighted by atomic mass is 32.1. The zero-order valence-corrected chi connectivity index (χ0v) is 32.7. The van der Waals surface area contributed by atoms with Crippen molar-refractivity contribution in [2.24, 2.45) is 0 Å². The molecule has 0 fully saturated rings. The predicted molar refractivity (Wildman–Crippen MR) is 244 cm³/mol. The van der Waals surface area contributed by atoms with E-state index in [4.69, 9.17) is 9.97 Å². The van der Waals surface area contributed by atoms with Gasteiger partial charge < -0.3 is 4.57 Å². The highest BCUT2D eigenvalue weighted by Crippen LogP contribution is 2.48. The lowest BCUT2D eigenvalue weighted by atomic mass is 9.91. The van der Waals surface area contributed by atoms with Crippen LogP contribution in [0.2, 0.25) is 0 Å². The van der Waals surface area contributed by atoms with Crippen LogP contribution in [0.3, 0.4) is 0 Å². The molecular weight excluding hydrogens is 731 g/mol. The van der Waals surface area contributed by atoms with Crippen molar-refractivity contribution in [2.75, 3.05) is 0 Å². The number of rotatable bonds is 5. The maximum atomic E-state index is 5.54. The molecule has 6 aromatic carbocycles. The summed E-state index contributed by atoms with van der Waals surface area (Å²) in [5, 5.41) is 5.14. The fourth-order valence-electron chi connectivity index (χ4n) is 9.10. The molecule has 10 aromatic rings. The molecule has 3 nitrogen and oxygen atoms in total. The minimum absolute atomic E-state index is 0.137. The first-order valence-electron chi connectivity index (χ1n) is 19.7. The van der Waals surface area contributed by atoms with Crippen LogP contribution in [0.25, 0.3) is 97.5 Å². The maximum Gasteiger partial charge on any atom is 0.136 e. The minimum atomic E-state index is 0.137. The number of thiophene rings is 2. The van der Waals surface area contributed by atoms with Crippen LogP contribution in [0.1, 0.15) is 35.0 Å². The number of allylic oxidation sites excluding steroid dienone is 5. The lowest BCUT2D eigenvalue weighted by Crippen LogP contribution is -2.06. The van der Waals surface area contributed by atoms with Crippen molar-refractivity contribution in [3.8, 4) is 39.2 Å². The zero-order valence-electron chi connectivity index (χ0n) is 31.0. The molecule has 2 aliphatic carbocycles. The van der Waals surface area contributed by atoms with Gasteiger partial charge in [0.05, 0.1) is 32.6 Å². The van der Waals surface area contributed by atoms with Crippen LogP contribution in [0, 0.1) is 0 Å². The second kappa shape index (κ2) is 13.1. The molecule has 2 aliphatic rings. The normalized spacial score (nSPS) is 15.1. The summed E-state index contributed by atoms with van der Waals surface area (Å²) < 4.78 is 6.32. The SMILES string of the molecule is C1=CCC(c2nc(-c3cc(-c4ccccc4)c(-n4c5ccccc5c5cc6c(cc54)sc4ccccc46)c(-c4ccccc4)c3)c3sc4c(c3n2)CCC=C4)C=C1. The van der Waals surface area contributed by atoms with Crippen LogP contribution < -0.4 is 0 Å². The van der Waals surface area contributed by atoms with E-state index in [0.29, 0.717) is 0 Å². The Balaban J connectivity index is 1.22. The number of hydrogen-bond donors (Lipinski definition) is 0. The van der Waals surface area contributed by atoms with E-state index in [1.165, 1.54) is 85.1 Å². The highest BCUT2D eigenvalue weighted by Gasteiger charge is 2.26. The molecule has 0 N–H and O–H groups in total. The van der Waals surface area contributed by atoms with E-state index >= 15 is 0 Å². The average molecular weight is 766 g/mol. The monoisotopic (exact) mass is 765 g/mol. The largest absolute Gasteiger partial charge is 0.308 e. The molecular formula is C52H35N3S2. The van der Waals surface area contributed by atoms with Crippen molar-refractivity contribution in [1.29, 1.82) is 0 Å². The Kier molecular flexibility index (Phi) is 7.53. The number of hydrogen-bond acceptors (Lipinski definition) is 4. The van der Waals surface area contributed by atoms with Gasteiger partial charge in [0.15, 0.2) is 0 Å². The Morgan fingerprint density at radius 1 is 0.579 bits per heavy atom. The lowest BCUT2D eigenvalue weighted by molar-refractivity contribution is 0.780. The van der Waals surface area contributed by atoms with Gasteiger partial charge in [-0.05, 0) is 78.4 Å². The van der Waals surface area contributed by atoms with Gasteiger partial charge >= 0.3 is 0 Å². The van der Waals surface area contributed by atoms with Gasteiger partial charge in [0.25, 0.3) is 0 Å². The fraction of sp³-hybridized carbons (Fsp3) is 0.0769. The highest BCUT2D eigenvalue weighted by molar-refractivity contribution is 7.25. The van der Waals surface area contributed by atoms with Crippen molar-refractivity contribution in [2.45, 2.75) is 25.2 Å². The molecule has 270 valence electrons. The number of nitrogens with zero attached hydrogens (tertiary/aromatic N) is 3. The van der Waals surface area contributed by atoms with E-state index in [2.05, 4.69) is 174 Å². The number of fused-ring (bicyclic) bond motifs is 9. The number of aromatic nitrogens is 3. The molecule has 1 atom stereocenters. The van der Waals surface area contributed by atoms with Crippen molar-refractivity contribution in [3.63, 3.8) is 0 Å². The van der Waals surface area contributed by atoms with Crippen molar-refractivity contribution in [1.82, 2.24) is 14.5 Å². The smallest absolute Gasteiger partial charge is 0.136 e. The molecule has 0 amide bonds. The summed E-state index contributed by atoms with van der Waals surface area (Å²) in [5.41, 5.74) is 12.8. The molecule has 0 spiro atoms. The van der Waals surface area contributed by atoms with Gasteiger partial charge in [-0.2, -0.15) is 0 Å². The lowest BCUT2D eigenvalue weighted by Gasteiger charge is -2.21. The standard InChI is InChI=1S/C52H35N3S2/c1-4-16-32(17-5-1)39-28-35(48-51-49(38-24-12-15-27-46(38)57-51)54-52(53-48)34-20-8-3-9-21-34)29-40(33-18-6-2-7-19-33)50(39)55-43-25-13-10-22-36(43)41-30-42-37-23-11-14-26-45(37)56-47(42)31-44(41)55/h1-11,13-20,22-23,25-31,34H,12,21,24H2. The third-order valence-electron chi connectivity index (χ3n) is 11.8. The Labute approximate surface area is 338 Å². The van der Waals surface area contributed by atoms with E-state index in [1.54, 1.807) is 0 Å². The van der Waals surface area contributed by atoms with E-state index in [1.807, 2.05) is 22.7 Å². The van der Waals surface area contributed by atoms with E-state index in [9.17, 15) is 0 Å². The topological polar surface area (TPSA) is 30.7 Å². The van der Waals surface area contributed by atoms with Crippen LogP contribution >= 0.6 is 22.7 Å². The summed E-state index contributed by atoms with van der Waals surface area (Å²) in [7, 11) is 0. The van der Waals surface area contributed by atoms with Gasteiger partial charge in [-0.1, -0.05) is 127 Å². The average Bonchev–Trinajstić information content (AvgIpc) is 3.95. The van der Waals surface area contributed by atoms with Crippen molar-refractivity contribution in [3.05, 3.63) is 180 Å². The number of benzene rings is 6. The molecule has 0 saturated heterocycles. The van der Waals surface area contributed by atoms with Gasteiger partial charge in [-0.15, -0.1) is 22.7 Å². The molecule has 5 heteroatoms.